The van der Waals surface area contributed by atoms with E-state index in [1.165, 1.54) is 11.1 Å². The van der Waals surface area contributed by atoms with Crippen molar-refractivity contribution in [3.8, 4) is 0 Å². The molecule has 3 aromatic carbocycles. The van der Waals surface area contributed by atoms with E-state index in [1.807, 2.05) is 49.4 Å². The van der Waals surface area contributed by atoms with Crippen molar-refractivity contribution < 1.29 is 4.79 Å². The summed E-state index contributed by atoms with van der Waals surface area (Å²) in [4.78, 5) is 12.5. The second-order valence-corrected chi connectivity index (χ2v) is 6.78. The van der Waals surface area contributed by atoms with Crippen LogP contribution >= 0.6 is 0 Å². The number of rotatable bonds is 5. The first-order chi connectivity index (χ1) is 13.2. The predicted molar refractivity (Wildman–Crippen MR) is 112 cm³/mol. The maximum Gasteiger partial charge on any atom is 0.185 e. The zero-order valence-electron chi connectivity index (χ0n) is 15.3. The Kier molecular flexibility index (Phi) is 4.71. The number of carbonyl (C=O) groups excluding carboxylic acids is 1. The van der Waals surface area contributed by atoms with Crippen LogP contribution in [0.15, 0.2) is 91.1 Å². The molecule has 132 valence electrons. The standard InChI is InChI=1S/C25H21NO/c1-19-11-13-21(14-12-19)25(27)16-15-22-18-26(17-20-7-3-2-4-8-20)24-10-6-5-9-23(22)24/h2-16,18H,17H2,1H3/b16-15+. The second-order valence-electron chi connectivity index (χ2n) is 6.78. The fourth-order valence-electron chi connectivity index (χ4n) is 3.30. The van der Waals surface area contributed by atoms with Gasteiger partial charge >= 0.3 is 0 Å². The minimum atomic E-state index is 0.0230. The van der Waals surface area contributed by atoms with E-state index in [-0.39, 0.29) is 5.78 Å². The van der Waals surface area contributed by atoms with Crippen LogP contribution in [0.5, 0.6) is 0 Å². The van der Waals surface area contributed by atoms with Crippen molar-refractivity contribution in [1.29, 1.82) is 0 Å². The Bertz CT molecular complexity index is 1100. The van der Waals surface area contributed by atoms with E-state index in [1.54, 1.807) is 6.08 Å². The average molecular weight is 351 g/mol. The Morgan fingerprint density at radius 1 is 0.889 bits per heavy atom. The third-order valence-corrected chi connectivity index (χ3v) is 4.77. The van der Waals surface area contributed by atoms with Crippen LogP contribution in [0.4, 0.5) is 0 Å². The lowest BCUT2D eigenvalue weighted by Gasteiger charge is -2.05. The first-order valence-corrected chi connectivity index (χ1v) is 9.11. The summed E-state index contributed by atoms with van der Waals surface area (Å²) in [6.45, 7) is 2.83. The van der Waals surface area contributed by atoms with Gasteiger partial charge in [0.25, 0.3) is 0 Å². The summed E-state index contributed by atoms with van der Waals surface area (Å²) in [5.74, 6) is 0.0230. The number of fused-ring (bicyclic) bond motifs is 1. The number of ketones is 1. The lowest BCUT2D eigenvalue weighted by Crippen LogP contribution is -1.97. The molecule has 0 spiro atoms. The van der Waals surface area contributed by atoms with Gasteiger partial charge in [-0.2, -0.15) is 0 Å². The molecule has 0 saturated carbocycles. The summed E-state index contributed by atoms with van der Waals surface area (Å²) < 4.78 is 2.24. The van der Waals surface area contributed by atoms with Crippen molar-refractivity contribution in [2.45, 2.75) is 13.5 Å². The van der Waals surface area contributed by atoms with Crippen LogP contribution < -0.4 is 0 Å². The highest BCUT2D eigenvalue weighted by Crippen LogP contribution is 2.24. The van der Waals surface area contributed by atoms with Gasteiger partial charge in [-0.1, -0.05) is 78.4 Å². The Labute approximate surface area is 159 Å². The van der Waals surface area contributed by atoms with E-state index in [2.05, 4.69) is 53.2 Å². The van der Waals surface area contributed by atoms with Crippen LogP contribution in [0.1, 0.15) is 27.0 Å². The highest BCUT2D eigenvalue weighted by molar-refractivity contribution is 6.07. The molecule has 0 aliphatic carbocycles. The molecule has 4 rings (SSSR count). The van der Waals surface area contributed by atoms with Gasteiger partial charge in [-0.05, 0) is 30.7 Å². The number of benzene rings is 3. The van der Waals surface area contributed by atoms with Gasteiger partial charge in [-0.15, -0.1) is 0 Å². The molecule has 0 fully saturated rings. The number of aryl methyl sites for hydroxylation is 1. The van der Waals surface area contributed by atoms with Gasteiger partial charge in [0.05, 0.1) is 0 Å². The van der Waals surface area contributed by atoms with E-state index in [0.29, 0.717) is 5.56 Å². The molecule has 0 N–H and O–H groups in total. The number of hydrogen-bond acceptors (Lipinski definition) is 1. The molecule has 27 heavy (non-hydrogen) atoms. The van der Waals surface area contributed by atoms with Gasteiger partial charge in [-0.25, -0.2) is 0 Å². The summed E-state index contributed by atoms with van der Waals surface area (Å²) in [7, 11) is 0. The van der Waals surface area contributed by atoms with Crippen molar-refractivity contribution in [2.75, 3.05) is 0 Å². The summed E-state index contributed by atoms with van der Waals surface area (Å²) >= 11 is 0. The van der Waals surface area contributed by atoms with Crippen LogP contribution in [-0.4, -0.2) is 10.4 Å². The molecule has 2 nitrogen and oxygen atoms in total. The molecule has 0 radical (unpaired) electrons. The van der Waals surface area contributed by atoms with Gasteiger partial charge < -0.3 is 4.57 Å². The number of allylic oxidation sites excluding steroid dienone is 1. The van der Waals surface area contributed by atoms with Crippen molar-refractivity contribution in [3.05, 3.63) is 113 Å². The van der Waals surface area contributed by atoms with Gasteiger partial charge in [0.15, 0.2) is 5.78 Å². The van der Waals surface area contributed by atoms with E-state index >= 15 is 0 Å². The molecule has 1 heterocycles. The number of hydrogen-bond donors (Lipinski definition) is 0. The zero-order valence-corrected chi connectivity index (χ0v) is 15.3. The monoisotopic (exact) mass is 351 g/mol. The van der Waals surface area contributed by atoms with E-state index in [9.17, 15) is 4.79 Å². The molecule has 1 aromatic heterocycles. The Morgan fingerprint density at radius 3 is 2.37 bits per heavy atom. The number of carbonyl (C=O) groups is 1. The van der Waals surface area contributed by atoms with Gasteiger partial charge in [0, 0.05) is 34.8 Å². The fourth-order valence-corrected chi connectivity index (χ4v) is 3.30. The molecular formula is C25H21NO. The SMILES string of the molecule is Cc1ccc(C(=O)/C=C/c2cn(Cc3ccccc3)c3ccccc23)cc1. The minimum absolute atomic E-state index is 0.0230. The van der Waals surface area contributed by atoms with E-state index < -0.39 is 0 Å². The first-order valence-electron chi connectivity index (χ1n) is 9.11. The molecule has 0 saturated heterocycles. The molecule has 0 atom stereocenters. The predicted octanol–water partition coefficient (Wildman–Crippen LogP) is 5.89. The molecule has 0 bridgehead atoms. The van der Waals surface area contributed by atoms with Crippen molar-refractivity contribution >= 4 is 22.8 Å². The van der Waals surface area contributed by atoms with Crippen molar-refractivity contribution in [3.63, 3.8) is 0 Å². The van der Waals surface area contributed by atoms with Crippen LogP contribution in [0.25, 0.3) is 17.0 Å². The average Bonchev–Trinajstić information content (AvgIpc) is 3.05. The molecule has 4 aromatic rings. The number of nitrogens with zero attached hydrogens (tertiary/aromatic N) is 1. The Morgan fingerprint density at radius 2 is 1.59 bits per heavy atom. The molecular weight excluding hydrogens is 330 g/mol. The smallest absolute Gasteiger partial charge is 0.185 e. The number of para-hydroxylation sites is 1. The molecule has 0 amide bonds. The van der Waals surface area contributed by atoms with Crippen molar-refractivity contribution in [2.24, 2.45) is 0 Å². The first kappa shape index (κ1) is 17.0. The Hall–Kier alpha value is -3.39. The van der Waals surface area contributed by atoms with E-state index in [4.69, 9.17) is 0 Å². The lowest BCUT2D eigenvalue weighted by molar-refractivity contribution is 0.104. The summed E-state index contributed by atoms with van der Waals surface area (Å²) in [6, 6.07) is 26.4. The van der Waals surface area contributed by atoms with Gasteiger partial charge in [0.1, 0.15) is 0 Å². The fraction of sp³-hybridized carbons (Fsp3) is 0.0800. The maximum atomic E-state index is 12.5. The second kappa shape index (κ2) is 7.46. The third-order valence-electron chi connectivity index (χ3n) is 4.77. The van der Waals surface area contributed by atoms with Gasteiger partial charge in [0.2, 0.25) is 0 Å². The largest absolute Gasteiger partial charge is 0.342 e. The van der Waals surface area contributed by atoms with Crippen molar-refractivity contribution in [1.82, 2.24) is 4.57 Å². The third kappa shape index (κ3) is 3.75. The topological polar surface area (TPSA) is 22.0 Å². The normalized spacial score (nSPS) is 11.3. The maximum absolute atomic E-state index is 12.5. The molecule has 2 heteroatoms. The van der Waals surface area contributed by atoms with Crippen LogP contribution in [-0.2, 0) is 6.54 Å². The minimum Gasteiger partial charge on any atom is -0.342 e. The highest BCUT2D eigenvalue weighted by Gasteiger charge is 2.07. The molecule has 0 aliphatic rings. The molecule has 0 unspecified atom stereocenters. The van der Waals surface area contributed by atoms with E-state index in [0.717, 1.165) is 23.1 Å². The summed E-state index contributed by atoms with van der Waals surface area (Å²) in [5, 5.41) is 1.15. The quantitative estimate of drug-likeness (QED) is 0.324. The number of aromatic nitrogens is 1. The Balaban J connectivity index is 1.65. The lowest BCUT2D eigenvalue weighted by atomic mass is 10.1. The zero-order chi connectivity index (χ0) is 18.6. The summed E-state index contributed by atoms with van der Waals surface area (Å²) in [6.07, 6.45) is 5.71. The highest BCUT2D eigenvalue weighted by atomic mass is 16.1. The van der Waals surface area contributed by atoms with Crippen LogP contribution in [0, 0.1) is 6.92 Å². The van der Waals surface area contributed by atoms with Crippen LogP contribution in [0.3, 0.4) is 0 Å². The van der Waals surface area contributed by atoms with Crippen LogP contribution in [0.2, 0.25) is 0 Å². The molecule has 0 aliphatic heterocycles. The van der Waals surface area contributed by atoms with Gasteiger partial charge in [-0.3, -0.25) is 4.79 Å². The summed E-state index contributed by atoms with van der Waals surface area (Å²) in [5.41, 5.74) is 5.35.